The monoisotopic (exact) mass is 376 g/mol. The summed E-state index contributed by atoms with van der Waals surface area (Å²) in [6, 6.07) is 11.6. The van der Waals surface area contributed by atoms with E-state index in [2.05, 4.69) is 15.1 Å². The van der Waals surface area contributed by atoms with Crippen molar-refractivity contribution in [3.05, 3.63) is 59.6 Å². The molecule has 25 heavy (non-hydrogen) atoms. The highest BCUT2D eigenvalue weighted by Crippen LogP contribution is 2.32. The summed E-state index contributed by atoms with van der Waals surface area (Å²) >= 11 is 5.88. The molecule has 1 aromatic carbocycles. The third-order valence-corrected chi connectivity index (χ3v) is 6.03. The molecular weight excluding hydrogens is 364 g/mol. The van der Waals surface area contributed by atoms with Crippen molar-refractivity contribution in [3.63, 3.8) is 0 Å². The molecule has 3 aromatic rings. The Hall–Kier alpha value is -2.29. The maximum atomic E-state index is 12.6. The molecule has 7 nitrogen and oxygen atoms in total. The Balaban J connectivity index is 1.48. The van der Waals surface area contributed by atoms with Crippen molar-refractivity contribution in [1.82, 2.24) is 19.4 Å². The van der Waals surface area contributed by atoms with Gasteiger partial charge in [-0.25, -0.2) is 8.42 Å². The van der Waals surface area contributed by atoms with Crippen LogP contribution in [0.4, 0.5) is 0 Å². The largest absolute Gasteiger partial charge is 0.339 e. The molecule has 1 aliphatic rings. The maximum Gasteiger partial charge on any atom is 0.243 e. The van der Waals surface area contributed by atoms with Gasteiger partial charge < -0.3 is 4.52 Å². The maximum absolute atomic E-state index is 12.6. The van der Waals surface area contributed by atoms with Crippen molar-refractivity contribution in [2.24, 2.45) is 0 Å². The van der Waals surface area contributed by atoms with E-state index in [1.165, 1.54) is 16.4 Å². The van der Waals surface area contributed by atoms with Gasteiger partial charge in [0.25, 0.3) is 0 Å². The Morgan fingerprint density at radius 2 is 2.00 bits per heavy atom. The van der Waals surface area contributed by atoms with Gasteiger partial charge in [0.2, 0.25) is 21.7 Å². The van der Waals surface area contributed by atoms with Crippen molar-refractivity contribution in [3.8, 4) is 11.5 Å². The van der Waals surface area contributed by atoms with E-state index in [0.29, 0.717) is 35.5 Å². The molecule has 9 heteroatoms. The second-order valence-electron chi connectivity index (χ2n) is 5.65. The normalized spacial score (nSPS) is 15.9. The van der Waals surface area contributed by atoms with E-state index < -0.39 is 10.0 Å². The lowest BCUT2D eigenvalue weighted by molar-refractivity contribution is 0.217. The highest BCUT2D eigenvalue weighted by Gasteiger charge is 2.40. The van der Waals surface area contributed by atoms with E-state index in [0.717, 1.165) is 0 Å². The van der Waals surface area contributed by atoms with Crippen LogP contribution in [0.5, 0.6) is 0 Å². The fourth-order valence-electron chi connectivity index (χ4n) is 2.57. The highest BCUT2D eigenvalue weighted by molar-refractivity contribution is 7.89. The van der Waals surface area contributed by atoms with Crippen LogP contribution in [0.1, 0.15) is 11.8 Å². The van der Waals surface area contributed by atoms with E-state index in [1.807, 2.05) is 6.07 Å². The van der Waals surface area contributed by atoms with Gasteiger partial charge in [0.05, 0.1) is 10.8 Å². The van der Waals surface area contributed by atoms with Gasteiger partial charge in [-0.05, 0) is 30.3 Å². The molecule has 1 fully saturated rings. The van der Waals surface area contributed by atoms with Crippen molar-refractivity contribution >= 4 is 21.6 Å². The minimum absolute atomic E-state index is 0.126. The van der Waals surface area contributed by atoms with Crippen LogP contribution in [0.15, 0.2) is 58.1 Å². The molecule has 0 spiro atoms. The number of sulfonamides is 1. The number of nitrogens with zero attached hydrogens (tertiary/aromatic N) is 4. The summed E-state index contributed by atoms with van der Waals surface area (Å²) < 4.78 is 31.8. The second-order valence-corrected chi connectivity index (χ2v) is 8.02. The molecular formula is C16H13ClN4O3S. The topological polar surface area (TPSA) is 89.2 Å². The van der Waals surface area contributed by atoms with E-state index in [-0.39, 0.29) is 10.8 Å². The van der Waals surface area contributed by atoms with Crippen molar-refractivity contribution in [2.75, 3.05) is 13.1 Å². The molecule has 4 rings (SSSR count). The summed E-state index contributed by atoms with van der Waals surface area (Å²) in [4.78, 5) is 8.67. The summed E-state index contributed by atoms with van der Waals surface area (Å²) in [5, 5.41) is 4.30. The van der Waals surface area contributed by atoms with Crippen LogP contribution in [0.25, 0.3) is 11.5 Å². The van der Waals surface area contributed by atoms with Gasteiger partial charge in [0, 0.05) is 24.3 Å². The van der Waals surface area contributed by atoms with Crippen LogP contribution >= 0.6 is 11.6 Å². The first-order valence-electron chi connectivity index (χ1n) is 7.55. The molecule has 1 aliphatic heterocycles. The molecule has 0 atom stereocenters. The number of hydrogen-bond acceptors (Lipinski definition) is 6. The predicted octanol–water partition coefficient (Wildman–Crippen LogP) is 2.57. The first-order chi connectivity index (χ1) is 12.0. The molecule has 3 heterocycles. The zero-order valence-electron chi connectivity index (χ0n) is 12.9. The predicted molar refractivity (Wildman–Crippen MR) is 90.5 cm³/mol. The van der Waals surface area contributed by atoms with Crippen molar-refractivity contribution in [2.45, 2.75) is 10.8 Å². The summed E-state index contributed by atoms with van der Waals surface area (Å²) in [6.45, 7) is 0.581. The van der Waals surface area contributed by atoms with E-state index in [1.54, 1.807) is 30.5 Å². The average Bonchev–Trinajstić information content (AvgIpc) is 3.04. The molecule has 1 saturated heterocycles. The summed E-state index contributed by atoms with van der Waals surface area (Å²) in [5.41, 5.74) is 0.611. The molecule has 0 radical (unpaired) electrons. The van der Waals surface area contributed by atoms with Crippen LogP contribution in [-0.2, 0) is 10.0 Å². The number of pyridine rings is 1. The zero-order chi connectivity index (χ0) is 17.4. The third kappa shape index (κ3) is 3.04. The van der Waals surface area contributed by atoms with Gasteiger partial charge in [0.1, 0.15) is 5.69 Å². The Labute approximate surface area is 149 Å². The lowest BCUT2D eigenvalue weighted by Gasteiger charge is -2.35. The minimum Gasteiger partial charge on any atom is -0.339 e. The van der Waals surface area contributed by atoms with E-state index in [4.69, 9.17) is 16.1 Å². The quantitative estimate of drug-likeness (QED) is 0.695. The van der Waals surface area contributed by atoms with E-state index >= 15 is 0 Å². The standard InChI is InChI=1S/C16H13ClN4O3S/c17-12-4-3-5-13(8-12)25(22,23)21-9-11(10-21)16-19-15(20-24-16)14-6-1-2-7-18-14/h1-8,11H,9-10H2. The fourth-order valence-corrected chi connectivity index (χ4v) is 4.40. The molecule has 0 bridgehead atoms. The van der Waals surface area contributed by atoms with Gasteiger partial charge in [-0.1, -0.05) is 28.9 Å². The Kier molecular flexibility index (Phi) is 4.03. The fraction of sp³-hybridized carbons (Fsp3) is 0.188. The van der Waals surface area contributed by atoms with Gasteiger partial charge in [-0.2, -0.15) is 9.29 Å². The lowest BCUT2D eigenvalue weighted by Crippen LogP contribution is -2.48. The second kappa shape index (κ2) is 6.21. The highest BCUT2D eigenvalue weighted by atomic mass is 35.5. The lowest BCUT2D eigenvalue weighted by atomic mass is 10.0. The molecule has 0 saturated carbocycles. The molecule has 2 aromatic heterocycles. The Morgan fingerprint density at radius 1 is 1.16 bits per heavy atom. The summed E-state index contributed by atoms with van der Waals surface area (Å²) in [7, 11) is -3.56. The average molecular weight is 377 g/mol. The van der Waals surface area contributed by atoms with E-state index in [9.17, 15) is 8.42 Å². The molecule has 0 unspecified atom stereocenters. The van der Waals surface area contributed by atoms with Gasteiger partial charge in [-0.3, -0.25) is 4.98 Å². The zero-order valence-corrected chi connectivity index (χ0v) is 14.5. The molecule has 0 aliphatic carbocycles. The number of benzene rings is 1. The van der Waals surface area contributed by atoms with Crippen molar-refractivity contribution < 1.29 is 12.9 Å². The number of aromatic nitrogens is 3. The van der Waals surface area contributed by atoms with Gasteiger partial charge in [-0.15, -0.1) is 0 Å². The summed E-state index contributed by atoms with van der Waals surface area (Å²) in [5.74, 6) is 0.684. The first-order valence-corrected chi connectivity index (χ1v) is 9.36. The molecule has 128 valence electrons. The van der Waals surface area contributed by atoms with Crippen LogP contribution in [-0.4, -0.2) is 40.9 Å². The van der Waals surface area contributed by atoms with Gasteiger partial charge in [0.15, 0.2) is 0 Å². The number of rotatable bonds is 4. The van der Waals surface area contributed by atoms with Crippen LogP contribution < -0.4 is 0 Å². The summed E-state index contributed by atoms with van der Waals surface area (Å²) in [6.07, 6.45) is 1.65. The number of hydrogen-bond donors (Lipinski definition) is 0. The van der Waals surface area contributed by atoms with Crippen LogP contribution in [0, 0.1) is 0 Å². The Morgan fingerprint density at radius 3 is 2.72 bits per heavy atom. The van der Waals surface area contributed by atoms with Gasteiger partial charge >= 0.3 is 0 Å². The molecule has 0 amide bonds. The Bertz CT molecular complexity index is 1000. The third-order valence-electron chi connectivity index (χ3n) is 3.97. The van der Waals surface area contributed by atoms with Crippen LogP contribution in [0.2, 0.25) is 5.02 Å². The SMILES string of the molecule is O=S(=O)(c1cccc(Cl)c1)N1CC(c2nc(-c3ccccn3)no2)C1. The minimum atomic E-state index is -3.56. The number of halogens is 1. The first kappa shape index (κ1) is 16.2. The molecule has 0 N–H and O–H groups in total. The van der Waals surface area contributed by atoms with Crippen molar-refractivity contribution in [1.29, 1.82) is 0 Å². The smallest absolute Gasteiger partial charge is 0.243 e. The van der Waals surface area contributed by atoms with Crippen LogP contribution in [0.3, 0.4) is 0 Å².